The largest absolute Gasteiger partial charge is 0.458 e. The van der Waals surface area contributed by atoms with Crippen LogP contribution in [0.15, 0.2) is 36.0 Å². The summed E-state index contributed by atoms with van der Waals surface area (Å²) in [6.45, 7) is 8.76. The molecule has 0 aromatic heterocycles. The van der Waals surface area contributed by atoms with Gasteiger partial charge in [-0.25, -0.2) is 9.59 Å². The third-order valence-electron chi connectivity index (χ3n) is 6.03. The number of aliphatic hydroxyl groups is 2. The van der Waals surface area contributed by atoms with E-state index in [1.807, 2.05) is 6.92 Å². The van der Waals surface area contributed by atoms with Crippen molar-refractivity contribution in [2.75, 3.05) is 13.2 Å². The number of hydrogen-bond donors (Lipinski definition) is 2. The number of carbonyl (C=O) groups excluding carboxylic acids is 3. The molecule has 0 aromatic rings. The fraction of sp³-hybridized carbons (Fsp3) is 0.550. The molecule has 1 heterocycles. The lowest BCUT2D eigenvalue weighted by atomic mass is 9.79. The minimum atomic E-state index is -0.772. The summed E-state index contributed by atoms with van der Waals surface area (Å²) in [5, 5.41) is 18.3. The Balaban J connectivity index is 1.94. The number of aliphatic hydroxyl groups excluding tert-OH is 2. The van der Waals surface area contributed by atoms with Crippen molar-refractivity contribution in [1.82, 2.24) is 0 Å². The molecule has 0 radical (unpaired) electrons. The number of rotatable bonds is 4. The normalized spacial score (nSPS) is 36.2. The minimum absolute atomic E-state index is 0.0662. The van der Waals surface area contributed by atoms with Crippen molar-refractivity contribution in [1.29, 1.82) is 0 Å². The monoisotopic (exact) mass is 376 g/mol. The Kier molecular flexibility index (Phi) is 5.35. The molecular weight excluding hydrogens is 352 g/mol. The van der Waals surface area contributed by atoms with E-state index in [9.17, 15) is 19.5 Å². The van der Waals surface area contributed by atoms with Crippen LogP contribution in [0.1, 0.15) is 19.8 Å². The first-order valence-corrected chi connectivity index (χ1v) is 9.02. The first kappa shape index (κ1) is 19.5. The van der Waals surface area contributed by atoms with Gasteiger partial charge in [0.15, 0.2) is 0 Å². The number of hydrogen-bond acceptors (Lipinski definition) is 7. The Bertz CT molecular complexity index is 735. The molecule has 3 rings (SSSR count). The lowest BCUT2D eigenvalue weighted by Crippen LogP contribution is -2.38. The first-order valence-electron chi connectivity index (χ1n) is 9.02. The van der Waals surface area contributed by atoms with E-state index < -0.39 is 43.3 Å². The van der Waals surface area contributed by atoms with E-state index in [-0.39, 0.29) is 41.1 Å². The van der Waals surface area contributed by atoms with E-state index in [1.165, 1.54) is 6.08 Å². The molecular formula is C20H24O7. The highest BCUT2D eigenvalue weighted by atomic mass is 16.6. The van der Waals surface area contributed by atoms with Gasteiger partial charge < -0.3 is 19.7 Å². The van der Waals surface area contributed by atoms with Gasteiger partial charge in [-0.05, 0) is 12.0 Å². The van der Waals surface area contributed by atoms with Crippen LogP contribution in [0.2, 0.25) is 0 Å². The molecule has 7 heteroatoms. The highest BCUT2D eigenvalue weighted by Gasteiger charge is 2.57. The van der Waals surface area contributed by atoms with Crippen molar-refractivity contribution >= 4 is 17.7 Å². The standard InChI is InChI=1S/C20H24O7/c1-9-6-15(26-20(25)12(8-22)4-5-21)17-11(3)19(24)27-18(17)16-10(2)14(23)7-13(9)16/h4,10,13,15-18,21-22H,1,3,5-8H2,2H3/b12-4+/t10?,13-,15+,16-,17+,18+/m0/s1. The SMILES string of the molecule is C=C1C(=O)O[C@H]2[C@H]1[C@H](OC(=O)/C(=C/CO)CO)CC(=C)[C@@H]1CC(=O)C(C)[C@H]21. The average Bonchev–Trinajstić information content (AvgIpc) is 3.04. The summed E-state index contributed by atoms with van der Waals surface area (Å²) in [7, 11) is 0. The number of Topliss-reactive ketones (excluding diaryl/α,β-unsaturated/α-hetero) is 1. The van der Waals surface area contributed by atoms with E-state index in [0.29, 0.717) is 6.42 Å². The minimum Gasteiger partial charge on any atom is -0.458 e. The van der Waals surface area contributed by atoms with Crippen LogP contribution in [0.4, 0.5) is 0 Å². The number of ketones is 1. The Hall–Kier alpha value is -2.25. The Morgan fingerprint density at radius 1 is 1.30 bits per heavy atom. The van der Waals surface area contributed by atoms with Crippen molar-refractivity contribution < 1.29 is 34.1 Å². The van der Waals surface area contributed by atoms with Gasteiger partial charge in [-0.2, -0.15) is 0 Å². The van der Waals surface area contributed by atoms with Gasteiger partial charge in [0.2, 0.25) is 0 Å². The molecule has 7 nitrogen and oxygen atoms in total. The molecule has 1 unspecified atom stereocenters. The molecule has 1 aliphatic heterocycles. The molecule has 27 heavy (non-hydrogen) atoms. The smallest absolute Gasteiger partial charge is 0.336 e. The van der Waals surface area contributed by atoms with Crippen LogP contribution in [-0.2, 0) is 23.9 Å². The van der Waals surface area contributed by atoms with Crippen LogP contribution < -0.4 is 0 Å². The molecule has 2 aliphatic carbocycles. The van der Waals surface area contributed by atoms with E-state index in [0.717, 1.165) is 5.57 Å². The summed E-state index contributed by atoms with van der Waals surface area (Å²) in [4.78, 5) is 36.8. The van der Waals surface area contributed by atoms with Gasteiger partial charge in [-0.3, -0.25) is 4.79 Å². The van der Waals surface area contributed by atoms with Crippen LogP contribution in [0, 0.1) is 23.7 Å². The quantitative estimate of drug-likeness (QED) is 0.422. The molecule has 6 atom stereocenters. The van der Waals surface area contributed by atoms with Gasteiger partial charge in [0.05, 0.1) is 24.7 Å². The average molecular weight is 376 g/mol. The lowest BCUT2D eigenvalue weighted by Gasteiger charge is -2.29. The van der Waals surface area contributed by atoms with Crippen molar-refractivity contribution in [2.45, 2.75) is 32.0 Å². The number of fused-ring (bicyclic) bond motifs is 3. The second kappa shape index (κ2) is 7.40. The molecule has 0 amide bonds. The summed E-state index contributed by atoms with van der Waals surface area (Å²) in [5.41, 5.74) is 0.934. The Labute approximate surface area is 157 Å². The fourth-order valence-corrected chi connectivity index (χ4v) is 4.58. The first-order chi connectivity index (χ1) is 12.8. The molecule has 0 spiro atoms. The molecule has 0 aromatic carbocycles. The Morgan fingerprint density at radius 3 is 2.63 bits per heavy atom. The van der Waals surface area contributed by atoms with Crippen molar-refractivity contribution in [3.8, 4) is 0 Å². The van der Waals surface area contributed by atoms with Crippen molar-refractivity contribution in [2.24, 2.45) is 23.7 Å². The third kappa shape index (κ3) is 3.26. The summed E-state index contributed by atoms with van der Waals surface area (Å²) in [5.74, 6) is -2.41. The zero-order valence-corrected chi connectivity index (χ0v) is 15.2. The molecule has 2 saturated carbocycles. The summed E-state index contributed by atoms with van der Waals surface area (Å²) < 4.78 is 11.1. The zero-order chi connectivity index (χ0) is 19.9. The van der Waals surface area contributed by atoms with Gasteiger partial charge in [0.1, 0.15) is 18.0 Å². The maximum absolute atomic E-state index is 12.4. The predicted octanol–water partition coefficient (Wildman–Crippen LogP) is 0.708. The zero-order valence-electron chi connectivity index (χ0n) is 15.2. The van der Waals surface area contributed by atoms with Crippen molar-refractivity contribution in [3.63, 3.8) is 0 Å². The Morgan fingerprint density at radius 2 is 2.00 bits per heavy atom. The maximum Gasteiger partial charge on any atom is 0.336 e. The van der Waals surface area contributed by atoms with E-state index in [4.69, 9.17) is 14.6 Å². The maximum atomic E-state index is 12.4. The topological polar surface area (TPSA) is 110 Å². The molecule has 2 N–H and O–H groups in total. The summed E-state index contributed by atoms with van der Waals surface area (Å²) >= 11 is 0. The molecule has 3 aliphatic rings. The number of carbonyl (C=O) groups is 3. The second-order valence-electron chi connectivity index (χ2n) is 7.44. The van der Waals surface area contributed by atoms with Crippen molar-refractivity contribution in [3.05, 3.63) is 36.0 Å². The number of esters is 2. The van der Waals surface area contributed by atoms with Gasteiger partial charge >= 0.3 is 11.9 Å². The van der Waals surface area contributed by atoms with Gasteiger partial charge in [0.25, 0.3) is 0 Å². The molecule has 1 saturated heterocycles. The third-order valence-corrected chi connectivity index (χ3v) is 6.03. The predicted molar refractivity (Wildman–Crippen MR) is 94.2 cm³/mol. The van der Waals surface area contributed by atoms with Crippen LogP contribution in [-0.4, -0.2) is 53.4 Å². The highest BCUT2D eigenvalue weighted by molar-refractivity contribution is 5.92. The van der Waals surface area contributed by atoms with E-state index in [2.05, 4.69) is 13.2 Å². The van der Waals surface area contributed by atoms with Gasteiger partial charge in [-0.15, -0.1) is 0 Å². The molecule has 0 bridgehead atoms. The van der Waals surface area contributed by atoms with E-state index in [1.54, 1.807) is 0 Å². The van der Waals surface area contributed by atoms with Crippen LogP contribution in [0.25, 0.3) is 0 Å². The molecule has 146 valence electrons. The fourth-order valence-electron chi connectivity index (χ4n) is 4.58. The summed E-state index contributed by atoms with van der Waals surface area (Å²) in [6.07, 6.45) is 0.446. The van der Waals surface area contributed by atoms with Crippen LogP contribution in [0.5, 0.6) is 0 Å². The van der Waals surface area contributed by atoms with Gasteiger partial charge in [-0.1, -0.05) is 25.7 Å². The molecule has 3 fully saturated rings. The second-order valence-corrected chi connectivity index (χ2v) is 7.44. The lowest BCUT2D eigenvalue weighted by molar-refractivity contribution is -0.150. The summed E-state index contributed by atoms with van der Waals surface area (Å²) in [6, 6.07) is 0. The van der Waals surface area contributed by atoms with Crippen LogP contribution >= 0.6 is 0 Å². The highest BCUT2D eigenvalue weighted by Crippen LogP contribution is 2.52. The number of ether oxygens (including phenoxy) is 2. The van der Waals surface area contributed by atoms with Gasteiger partial charge in [0, 0.05) is 30.3 Å². The van der Waals surface area contributed by atoms with Crippen LogP contribution in [0.3, 0.4) is 0 Å². The van der Waals surface area contributed by atoms with E-state index >= 15 is 0 Å².